The summed E-state index contributed by atoms with van der Waals surface area (Å²) in [7, 11) is 0. The maximum atomic E-state index is 12.2. The van der Waals surface area contributed by atoms with E-state index >= 15 is 0 Å². The molecule has 2 fully saturated rings. The van der Waals surface area contributed by atoms with Crippen LogP contribution in [-0.2, 0) is 4.79 Å². The Kier molecular flexibility index (Phi) is 4.08. The van der Waals surface area contributed by atoms with E-state index in [2.05, 4.69) is 24.1 Å². The summed E-state index contributed by atoms with van der Waals surface area (Å²) in [6.45, 7) is 6.11. The van der Waals surface area contributed by atoms with Crippen LogP contribution >= 0.6 is 0 Å². The molecule has 3 heteroatoms. The lowest BCUT2D eigenvalue weighted by molar-refractivity contribution is -0.133. The normalized spacial score (nSPS) is 27.6. The van der Waals surface area contributed by atoms with Crippen LogP contribution in [0.2, 0.25) is 0 Å². The number of rotatable bonds is 1. The summed E-state index contributed by atoms with van der Waals surface area (Å²) in [5.41, 5.74) is 0.0679. The maximum absolute atomic E-state index is 12.2. The van der Waals surface area contributed by atoms with Crippen molar-refractivity contribution in [2.45, 2.75) is 70.4 Å². The molecule has 0 bridgehead atoms. The van der Waals surface area contributed by atoms with Crippen molar-refractivity contribution in [3.05, 3.63) is 0 Å². The Morgan fingerprint density at radius 1 is 1.18 bits per heavy atom. The molecule has 0 atom stereocenters. The number of amides is 1. The summed E-state index contributed by atoms with van der Waals surface area (Å²) < 4.78 is 0. The molecule has 2 rings (SSSR count). The maximum Gasteiger partial charge on any atom is 0.224 e. The zero-order chi connectivity index (χ0) is 12.3. The first-order valence-corrected chi connectivity index (χ1v) is 7.13. The third kappa shape index (κ3) is 3.44. The molecule has 1 saturated heterocycles. The van der Waals surface area contributed by atoms with Crippen LogP contribution in [0.1, 0.15) is 58.8 Å². The summed E-state index contributed by atoms with van der Waals surface area (Å²) in [5, 5.41) is 3.47. The first kappa shape index (κ1) is 12.9. The highest BCUT2D eigenvalue weighted by Crippen LogP contribution is 2.25. The quantitative estimate of drug-likeness (QED) is 0.711. The van der Waals surface area contributed by atoms with Gasteiger partial charge in [-0.25, -0.2) is 0 Å². The van der Waals surface area contributed by atoms with E-state index in [1.54, 1.807) is 0 Å². The standard InChI is InChI=1S/C14H26N2O/c1-14(2)11-16(13(17)9-10-15-14)12-7-5-3-4-6-8-12/h12,15H,3-11H2,1-2H3. The predicted octanol–water partition coefficient (Wildman–Crippen LogP) is 2.31. The smallest absolute Gasteiger partial charge is 0.224 e. The molecule has 1 aliphatic heterocycles. The topological polar surface area (TPSA) is 32.3 Å². The molecule has 1 aliphatic carbocycles. The average Bonchev–Trinajstić information content (AvgIpc) is 2.59. The average molecular weight is 238 g/mol. The third-order valence-electron chi connectivity index (χ3n) is 4.09. The van der Waals surface area contributed by atoms with Gasteiger partial charge < -0.3 is 10.2 Å². The van der Waals surface area contributed by atoms with Crippen LogP contribution in [0.25, 0.3) is 0 Å². The fraction of sp³-hybridized carbons (Fsp3) is 0.929. The van der Waals surface area contributed by atoms with Gasteiger partial charge in [-0.1, -0.05) is 25.7 Å². The lowest BCUT2D eigenvalue weighted by Gasteiger charge is -2.35. The summed E-state index contributed by atoms with van der Waals surface area (Å²) in [6, 6.07) is 0.504. The van der Waals surface area contributed by atoms with Gasteiger partial charge in [0.1, 0.15) is 0 Å². The van der Waals surface area contributed by atoms with E-state index in [1.807, 2.05) is 0 Å². The second-order valence-corrected chi connectivity index (χ2v) is 6.23. The van der Waals surface area contributed by atoms with Crippen LogP contribution < -0.4 is 5.32 Å². The molecule has 0 spiro atoms. The molecule has 1 saturated carbocycles. The van der Waals surface area contributed by atoms with Gasteiger partial charge in [0.05, 0.1) is 0 Å². The molecule has 98 valence electrons. The molecule has 0 radical (unpaired) electrons. The van der Waals surface area contributed by atoms with Crippen molar-refractivity contribution in [2.24, 2.45) is 0 Å². The van der Waals surface area contributed by atoms with Crippen molar-refractivity contribution in [3.63, 3.8) is 0 Å². The van der Waals surface area contributed by atoms with Gasteiger partial charge in [0.15, 0.2) is 0 Å². The highest BCUT2D eigenvalue weighted by Gasteiger charge is 2.32. The Balaban J connectivity index is 2.06. The largest absolute Gasteiger partial charge is 0.338 e. The van der Waals surface area contributed by atoms with Crippen molar-refractivity contribution >= 4 is 5.91 Å². The Bertz CT molecular complexity index is 267. The fourth-order valence-electron chi connectivity index (χ4n) is 3.12. The Morgan fingerprint density at radius 3 is 2.47 bits per heavy atom. The van der Waals surface area contributed by atoms with Gasteiger partial charge in [-0.3, -0.25) is 4.79 Å². The molecule has 0 aromatic rings. The number of hydrogen-bond acceptors (Lipinski definition) is 2. The molecular formula is C14H26N2O. The van der Waals surface area contributed by atoms with Crippen molar-refractivity contribution < 1.29 is 4.79 Å². The lowest BCUT2D eigenvalue weighted by Crippen LogP contribution is -2.50. The molecular weight excluding hydrogens is 212 g/mol. The molecule has 0 unspecified atom stereocenters. The zero-order valence-corrected chi connectivity index (χ0v) is 11.3. The second-order valence-electron chi connectivity index (χ2n) is 6.23. The van der Waals surface area contributed by atoms with Crippen LogP contribution in [0.15, 0.2) is 0 Å². The number of hydrogen-bond donors (Lipinski definition) is 1. The Labute approximate surface area is 105 Å². The summed E-state index contributed by atoms with van der Waals surface area (Å²) in [4.78, 5) is 14.4. The first-order chi connectivity index (χ1) is 8.08. The van der Waals surface area contributed by atoms with E-state index in [0.29, 0.717) is 18.4 Å². The summed E-state index contributed by atoms with van der Waals surface area (Å²) in [5.74, 6) is 0.356. The highest BCUT2D eigenvalue weighted by atomic mass is 16.2. The lowest BCUT2D eigenvalue weighted by atomic mass is 10.0. The Morgan fingerprint density at radius 2 is 1.82 bits per heavy atom. The van der Waals surface area contributed by atoms with Gasteiger partial charge in [-0.05, 0) is 26.7 Å². The molecule has 2 aliphatic rings. The van der Waals surface area contributed by atoms with Gasteiger partial charge in [0.25, 0.3) is 0 Å². The van der Waals surface area contributed by atoms with Crippen LogP contribution in [0, 0.1) is 0 Å². The Hall–Kier alpha value is -0.570. The van der Waals surface area contributed by atoms with E-state index in [9.17, 15) is 4.79 Å². The van der Waals surface area contributed by atoms with Crippen LogP contribution in [0.4, 0.5) is 0 Å². The minimum atomic E-state index is 0.0679. The molecule has 0 aromatic carbocycles. The van der Waals surface area contributed by atoms with Gasteiger partial charge in [0, 0.05) is 31.1 Å². The van der Waals surface area contributed by atoms with Gasteiger partial charge in [0.2, 0.25) is 5.91 Å². The second kappa shape index (κ2) is 5.38. The molecule has 17 heavy (non-hydrogen) atoms. The minimum Gasteiger partial charge on any atom is -0.338 e. The minimum absolute atomic E-state index is 0.0679. The van der Waals surface area contributed by atoms with E-state index < -0.39 is 0 Å². The van der Waals surface area contributed by atoms with Gasteiger partial charge in [-0.2, -0.15) is 0 Å². The molecule has 1 N–H and O–H groups in total. The van der Waals surface area contributed by atoms with E-state index in [0.717, 1.165) is 13.1 Å². The van der Waals surface area contributed by atoms with Gasteiger partial charge >= 0.3 is 0 Å². The summed E-state index contributed by atoms with van der Waals surface area (Å²) in [6.07, 6.45) is 8.37. The third-order valence-corrected chi connectivity index (χ3v) is 4.09. The van der Waals surface area contributed by atoms with Crippen molar-refractivity contribution in [3.8, 4) is 0 Å². The molecule has 3 nitrogen and oxygen atoms in total. The van der Waals surface area contributed by atoms with Crippen LogP contribution in [-0.4, -0.2) is 35.5 Å². The first-order valence-electron chi connectivity index (χ1n) is 7.13. The monoisotopic (exact) mass is 238 g/mol. The molecule has 0 aromatic heterocycles. The number of nitrogens with zero attached hydrogens (tertiary/aromatic N) is 1. The van der Waals surface area contributed by atoms with Crippen LogP contribution in [0.3, 0.4) is 0 Å². The molecule has 1 amide bonds. The SMILES string of the molecule is CC1(C)CN(C2CCCCCC2)C(=O)CCN1. The predicted molar refractivity (Wildman–Crippen MR) is 69.9 cm³/mol. The zero-order valence-electron chi connectivity index (χ0n) is 11.3. The molecule has 1 heterocycles. The van der Waals surface area contributed by atoms with Crippen LogP contribution in [0.5, 0.6) is 0 Å². The van der Waals surface area contributed by atoms with Gasteiger partial charge in [-0.15, -0.1) is 0 Å². The van der Waals surface area contributed by atoms with Crippen molar-refractivity contribution in [2.75, 3.05) is 13.1 Å². The highest BCUT2D eigenvalue weighted by molar-refractivity contribution is 5.77. The van der Waals surface area contributed by atoms with E-state index in [4.69, 9.17) is 0 Å². The fourth-order valence-corrected chi connectivity index (χ4v) is 3.12. The number of nitrogens with one attached hydrogen (secondary N) is 1. The number of carbonyl (C=O) groups is 1. The summed E-state index contributed by atoms with van der Waals surface area (Å²) >= 11 is 0. The van der Waals surface area contributed by atoms with Crippen molar-refractivity contribution in [1.29, 1.82) is 0 Å². The van der Waals surface area contributed by atoms with E-state index in [1.165, 1.54) is 38.5 Å². The van der Waals surface area contributed by atoms with E-state index in [-0.39, 0.29) is 5.54 Å². The van der Waals surface area contributed by atoms with Crippen molar-refractivity contribution in [1.82, 2.24) is 10.2 Å². The number of carbonyl (C=O) groups excluding carboxylic acids is 1.